The van der Waals surface area contributed by atoms with Gasteiger partial charge in [-0.05, 0) is 39.5 Å². The molecule has 0 unspecified atom stereocenters. The number of aryl methyl sites for hydroxylation is 1. The molecule has 0 aliphatic carbocycles. The number of sulfonamides is 1. The Morgan fingerprint density at radius 2 is 1.89 bits per heavy atom. The van der Waals surface area contributed by atoms with Crippen LogP contribution in [0.25, 0.3) is 0 Å². The summed E-state index contributed by atoms with van der Waals surface area (Å²) >= 11 is 0. The Balaban J connectivity index is 1.96. The van der Waals surface area contributed by atoms with Crippen LogP contribution in [0.15, 0.2) is 6.07 Å². The Morgan fingerprint density at radius 1 is 1.25 bits per heavy atom. The number of carbonyl (C=O) groups is 1. The number of hydrogen-bond acceptors (Lipinski definition) is 9. The number of piperidine rings is 1. The fourth-order valence-corrected chi connectivity index (χ4v) is 6.27. The minimum Gasteiger partial charge on any atom is -0.459 e. The maximum atomic E-state index is 15.2. The molecule has 0 bridgehead atoms. The molecule has 2 N–H and O–H groups in total. The maximum Gasteiger partial charge on any atom is 0.303 e. The summed E-state index contributed by atoms with van der Waals surface area (Å²) in [6, 6.07) is 1.31. The first-order chi connectivity index (χ1) is 17.0. The standard InChI is InChI=1S/C23H36FN7O4S/c1-7-16-11-18(12-17(8-2)31(16)36(33,34)9-3)30(6)23-25-19(13-35-15(5)32)21(24)22(27-23)26-20-10-14(4)28-29-20/h10,16-18H,7-9,11-13H2,1-6H3,(H2,25,26,27,28,29)/t16-,17+,18-. The molecule has 1 fully saturated rings. The molecule has 0 aromatic carbocycles. The van der Waals surface area contributed by atoms with Crippen LogP contribution < -0.4 is 10.2 Å². The maximum absolute atomic E-state index is 15.2. The van der Waals surface area contributed by atoms with Crippen LogP contribution in [-0.2, 0) is 26.2 Å². The molecule has 3 heterocycles. The van der Waals surface area contributed by atoms with Crippen molar-refractivity contribution in [3.05, 3.63) is 23.3 Å². The molecule has 3 atom stereocenters. The quantitative estimate of drug-likeness (QED) is 0.448. The normalized spacial score (nSPS) is 20.8. The van der Waals surface area contributed by atoms with Gasteiger partial charge in [0.1, 0.15) is 12.3 Å². The largest absolute Gasteiger partial charge is 0.459 e. The van der Waals surface area contributed by atoms with E-state index in [1.54, 1.807) is 17.3 Å². The molecular formula is C23H36FN7O4S. The summed E-state index contributed by atoms with van der Waals surface area (Å²) in [5, 5.41) is 9.73. The fraction of sp³-hybridized carbons (Fsp3) is 0.652. The zero-order valence-corrected chi connectivity index (χ0v) is 22.5. The van der Waals surface area contributed by atoms with E-state index < -0.39 is 21.8 Å². The molecule has 0 saturated carbocycles. The summed E-state index contributed by atoms with van der Waals surface area (Å²) in [6.07, 6.45) is 2.52. The zero-order chi connectivity index (χ0) is 26.6. The Hall–Kier alpha value is -2.80. The highest BCUT2D eigenvalue weighted by atomic mass is 32.2. The first-order valence-electron chi connectivity index (χ1n) is 12.2. The van der Waals surface area contributed by atoms with Gasteiger partial charge in [0.05, 0.1) is 5.75 Å². The second kappa shape index (κ2) is 11.5. The summed E-state index contributed by atoms with van der Waals surface area (Å²) < 4.78 is 47.7. The van der Waals surface area contributed by atoms with E-state index in [1.165, 1.54) is 6.92 Å². The molecule has 2 aromatic rings. The van der Waals surface area contributed by atoms with Crippen molar-refractivity contribution in [3.8, 4) is 0 Å². The van der Waals surface area contributed by atoms with Gasteiger partial charge in [-0.3, -0.25) is 9.89 Å². The third-order valence-electron chi connectivity index (χ3n) is 6.57. The van der Waals surface area contributed by atoms with Gasteiger partial charge in [-0.25, -0.2) is 17.8 Å². The van der Waals surface area contributed by atoms with Gasteiger partial charge in [0.2, 0.25) is 16.0 Å². The highest BCUT2D eigenvalue weighted by Gasteiger charge is 2.41. The number of hydrogen-bond donors (Lipinski definition) is 2. The lowest BCUT2D eigenvalue weighted by Crippen LogP contribution is -2.56. The van der Waals surface area contributed by atoms with E-state index in [9.17, 15) is 13.2 Å². The summed E-state index contributed by atoms with van der Waals surface area (Å²) in [5.41, 5.74) is 0.719. The van der Waals surface area contributed by atoms with E-state index in [-0.39, 0.29) is 47.9 Å². The van der Waals surface area contributed by atoms with Gasteiger partial charge < -0.3 is 15.0 Å². The van der Waals surface area contributed by atoms with Gasteiger partial charge in [0, 0.05) is 43.9 Å². The molecule has 2 aromatic heterocycles. The fourth-order valence-electron chi connectivity index (χ4n) is 4.60. The summed E-state index contributed by atoms with van der Waals surface area (Å²) in [5.74, 6) is -0.701. The number of halogens is 1. The molecule has 0 radical (unpaired) electrons. The lowest BCUT2D eigenvalue weighted by Gasteiger charge is -2.46. The van der Waals surface area contributed by atoms with E-state index in [0.29, 0.717) is 31.5 Å². The zero-order valence-electron chi connectivity index (χ0n) is 21.7. The Bertz CT molecular complexity index is 1160. The average Bonchev–Trinajstić information content (AvgIpc) is 3.27. The van der Waals surface area contributed by atoms with E-state index in [0.717, 1.165) is 5.69 Å². The monoisotopic (exact) mass is 525 g/mol. The molecule has 11 nitrogen and oxygen atoms in total. The highest BCUT2D eigenvalue weighted by Crippen LogP contribution is 2.34. The van der Waals surface area contributed by atoms with Crippen molar-refractivity contribution in [2.75, 3.05) is 23.0 Å². The number of carbonyl (C=O) groups excluding carboxylic acids is 1. The van der Waals surface area contributed by atoms with Crippen molar-refractivity contribution in [2.24, 2.45) is 0 Å². The predicted molar refractivity (Wildman–Crippen MR) is 135 cm³/mol. The number of ether oxygens (including phenoxy) is 1. The summed E-state index contributed by atoms with van der Waals surface area (Å²) in [6.45, 7) is 8.35. The van der Waals surface area contributed by atoms with Crippen LogP contribution in [0.4, 0.5) is 22.0 Å². The minimum atomic E-state index is -3.36. The lowest BCUT2D eigenvalue weighted by atomic mass is 9.90. The predicted octanol–water partition coefficient (Wildman–Crippen LogP) is 3.26. The Morgan fingerprint density at radius 3 is 2.39 bits per heavy atom. The molecule has 1 saturated heterocycles. The van der Waals surface area contributed by atoms with Gasteiger partial charge >= 0.3 is 5.97 Å². The summed E-state index contributed by atoms with van der Waals surface area (Å²) in [4.78, 5) is 22.0. The van der Waals surface area contributed by atoms with Gasteiger partial charge in [-0.2, -0.15) is 14.4 Å². The highest BCUT2D eigenvalue weighted by molar-refractivity contribution is 7.89. The average molecular weight is 526 g/mol. The number of esters is 1. The molecule has 3 rings (SSSR count). The van der Waals surface area contributed by atoms with Crippen LogP contribution in [0.5, 0.6) is 0 Å². The first-order valence-corrected chi connectivity index (χ1v) is 13.8. The number of aromatic nitrogens is 4. The molecule has 0 spiro atoms. The molecule has 1 aliphatic rings. The van der Waals surface area contributed by atoms with Crippen LogP contribution in [0.3, 0.4) is 0 Å². The van der Waals surface area contributed by atoms with E-state index in [2.05, 4.69) is 25.5 Å². The van der Waals surface area contributed by atoms with Gasteiger partial charge in [-0.15, -0.1) is 0 Å². The van der Waals surface area contributed by atoms with Gasteiger partial charge in [0.15, 0.2) is 17.5 Å². The van der Waals surface area contributed by atoms with Crippen LogP contribution in [0, 0.1) is 12.7 Å². The van der Waals surface area contributed by atoms with E-state index >= 15 is 4.39 Å². The molecule has 200 valence electrons. The topological polar surface area (TPSA) is 133 Å². The second-order valence-electron chi connectivity index (χ2n) is 9.07. The van der Waals surface area contributed by atoms with Crippen LogP contribution >= 0.6 is 0 Å². The van der Waals surface area contributed by atoms with Crippen molar-refractivity contribution in [2.45, 2.75) is 85.0 Å². The number of rotatable bonds is 10. The second-order valence-corrected chi connectivity index (χ2v) is 11.2. The number of nitrogens with zero attached hydrogens (tertiary/aromatic N) is 5. The third kappa shape index (κ3) is 6.12. The number of H-pyrrole nitrogens is 1. The van der Waals surface area contributed by atoms with Crippen molar-refractivity contribution >= 4 is 33.6 Å². The minimum absolute atomic E-state index is 0.0583. The SMILES string of the molecule is CC[C@@H]1C[C@@H](N(C)c2nc(COC(C)=O)c(F)c(Nc3cc(C)[nH]n3)n2)C[C@H](CC)N1S(=O)(=O)CC. The third-order valence-corrected chi connectivity index (χ3v) is 8.54. The Kier molecular flexibility index (Phi) is 8.88. The first kappa shape index (κ1) is 27.8. The van der Waals surface area contributed by atoms with E-state index in [4.69, 9.17) is 4.74 Å². The van der Waals surface area contributed by atoms with Crippen LogP contribution in [-0.4, -0.2) is 69.8 Å². The van der Waals surface area contributed by atoms with Crippen molar-refractivity contribution in [1.29, 1.82) is 0 Å². The van der Waals surface area contributed by atoms with E-state index in [1.807, 2.05) is 32.7 Å². The molecule has 36 heavy (non-hydrogen) atoms. The Labute approximate surface area is 211 Å². The van der Waals surface area contributed by atoms with Crippen molar-refractivity contribution < 1.29 is 22.3 Å². The summed E-state index contributed by atoms with van der Waals surface area (Å²) in [7, 11) is -1.54. The number of nitrogens with one attached hydrogen (secondary N) is 2. The van der Waals surface area contributed by atoms with Gasteiger partial charge in [0.25, 0.3) is 0 Å². The molecule has 1 aliphatic heterocycles. The number of anilines is 3. The molecular weight excluding hydrogens is 489 g/mol. The van der Waals surface area contributed by atoms with Crippen molar-refractivity contribution in [1.82, 2.24) is 24.5 Å². The number of aromatic amines is 1. The smallest absolute Gasteiger partial charge is 0.303 e. The van der Waals surface area contributed by atoms with Crippen LogP contribution in [0.1, 0.15) is 64.8 Å². The van der Waals surface area contributed by atoms with Crippen LogP contribution in [0.2, 0.25) is 0 Å². The van der Waals surface area contributed by atoms with Crippen molar-refractivity contribution in [3.63, 3.8) is 0 Å². The molecule has 13 heteroatoms. The lowest BCUT2D eigenvalue weighted by molar-refractivity contribution is -0.142. The van der Waals surface area contributed by atoms with Gasteiger partial charge in [-0.1, -0.05) is 13.8 Å². The molecule has 0 amide bonds.